The van der Waals surface area contributed by atoms with Crippen LogP contribution in [0.4, 0.5) is 10.5 Å². The third kappa shape index (κ3) is 3.98. The van der Waals surface area contributed by atoms with E-state index in [2.05, 4.69) is 34.6 Å². The second-order valence-electron chi connectivity index (χ2n) is 9.91. The van der Waals surface area contributed by atoms with Gasteiger partial charge in [0.2, 0.25) is 5.91 Å². The Balaban J connectivity index is 1.31. The summed E-state index contributed by atoms with van der Waals surface area (Å²) in [6, 6.07) is 13.0. The Labute approximate surface area is 220 Å². The summed E-state index contributed by atoms with van der Waals surface area (Å²) in [6.07, 6.45) is 7.54. The zero-order chi connectivity index (χ0) is 25.7. The van der Waals surface area contributed by atoms with Crippen molar-refractivity contribution >= 4 is 40.0 Å². The number of carbonyl (C=O) groups is 2. The fourth-order valence-electron chi connectivity index (χ4n) is 6.01. The first kappa shape index (κ1) is 23.7. The lowest BCUT2D eigenvalue weighted by Gasteiger charge is -2.43. The molecule has 3 unspecified atom stereocenters. The zero-order valence-corrected chi connectivity index (χ0v) is 21.6. The van der Waals surface area contributed by atoms with Gasteiger partial charge in [-0.2, -0.15) is 5.10 Å². The zero-order valence-electron chi connectivity index (χ0n) is 20.8. The third-order valence-corrected chi connectivity index (χ3v) is 8.14. The number of imide groups is 1. The predicted octanol–water partition coefficient (Wildman–Crippen LogP) is 6.09. The maximum Gasteiger partial charge on any atom is 0.329 e. The van der Waals surface area contributed by atoms with Gasteiger partial charge < -0.3 is 5.32 Å². The van der Waals surface area contributed by atoms with Gasteiger partial charge in [-0.1, -0.05) is 48.0 Å². The molecular formula is C29H28ClN5O2. The molecular weight excluding hydrogens is 486 g/mol. The van der Waals surface area contributed by atoms with Gasteiger partial charge in [0.1, 0.15) is 0 Å². The molecule has 1 saturated carbocycles. The number of nitrogens with one attached hydrogen (secondary N) is 1. The Morgan fingerprint density at radius 3 is 2.70 bits per heavy atom. The molecule has 2 aromatic heterocycles. The molecule has 2 aliphatic rings. The number of rotatable bonds is 4. The fourth-order valence-corrected chi connectivity index (χ4v) is 6.34. The lowest BCUT2D eigenvalue weighted by atomic mass is 9.72. The third-order valence-electron chi connectivity index (χ3n) is 7.81. The van der Waals surface area contributed by atoms with Crippen LogP contribution in [0.5, 0.6) is 0 Å². The van der Waals surface area contributed by atoms with Crippen molar-refractivity contribution in [3.8, 4) is 11.1 Å². The maximum absolute atomic E-state index is 13.7. The molecule has 1 N–H and O–H groups in total. The minimum Gasteiger partial charge on any atom is -0.334 e. The molecule has 8 heteroatoms. The number of aromatic nitrogens is 3. The molecule has 2 fully saturated rings. The molecule has 7 nitrogen and oxygen atoms in total. The maximum atomic E-state index is 13.7. The largest absolute Gasteiger partial charge is 0.334 e. The van der Waals surface area contributed by atoms with E-state index in [1.807, 2.05) is 48.0 Å². The Bertz CT molecular complexity index is 1520. The monoisotopic (exact) mass is 513 g/mol. The number of urea groups is 1. The molecule has 0 radical (unpaired) electrons. The number of hydrogen-bond donors (Lipinski definition) is 1. The highest BCUT2D eigenvalue weighted by Gasteiger charge is 2.46. The summed E-state index contributed by atoms with van der Waals surface area (Å²) in [5.41, 5.74) is 4.70. The molecule has 1 saturated heterocycles. The minimum absolute atomic E-state index is 0.119. The number of anilines is 1. The van der Waals surface area contributed by atoms with E-state index in [0.717, 1.165) is 46.1 Å². The molecule has 2 aromatic carbocycles. The van der Waals surface area contributed by atoms with Gasteiger partial charge in [-0.3, -0.25) is 14.5 Å². The summed E-state index contributed by atoms with van der Waals surface area (Å²) in [4.78, 5) is 32.6. The van der Waals surface area contributed by atoms with Crippen LogP contribution in [0.25, 0.3) is 21.9 Å². The number of fused-ring (bicyclic) bond motifs is 2. The Morgan fingerprint density at radius 1 is 1.05 bits per heavy atom. The number of pyridine rings is 1. The highest BCUT2D eigenvalue weighted by molar-refractivity contribution is 6.32. The molecule has 6 rings (SSSR count). The van der Waals surface area contributed by atoms with Crippen molar-refractivity contribution in [1.82, 2.24) is 20.1 Å². The highest BCUT2D eigenvalue weighted by atomic mass is 35.5. The lowest BCUT2D eigenvalue weighted by molar-refractivity contribution is -0.124. The number of nitrogens with zero attached hydrogens (tertiary/aromatic N) is 4. The SMILES string of the molecule is CCn1cc(-c2cccc(Cl)c2C2CCC3C(=O)N(c4cncc5ccccc45)C(=O)NC3C2)c(C)n1. The van der Waals surface area contributed by atoms with Gasteiger partial charge in [0.05, 0.1) is 23.5 Å². The van der Waals surface area contributed by atoms with Crippen molar-refractivity contribution < 1.29 is 9.59 Å². The van der Waals surface area contributed by atoms with Crippen molar-refractivity contribution in [2.24, 2.45) is 5.92 Å². The summed E-state index contributed by atoms with van der Waals surface area (Å²) < 4.78 is 1.93. The van der Waals surface area contributed by atoms with Gasteiger partial charge in [0.25, 0.3) is 0 Å². The average Bonchev–Trinajstić information content (AvgIpc) is 3.29. The van der Waals surface area contributed by atoms with Gasteiger partial charge in [-0.05, 0) is 56.2 Å². The highest BCUT2D eigenvalue weighted by Crippen LogP contribution is 2.45. The summed E-state index contributed by atoms with van der Waals surface area (Å²) >= 11 is 6.80. The minimum atomic E-state index is -0.399. The first-order valence-electron chi connectivity index (χ1n) is 12.8. The number of amides is 3. The van der Waals surface area contributed by atoms with Crippen molar-refractivity contribution in [3.63, 3.8) is 0 Å². The quantitative estimate of drug-likeness (QED) is 0.358. The number of benzene rings is 2. The topological polar surface area (TPSA) is 80.1 Å². The average molecular weight is 514 g/mol. The predicted molar refractivity (Wildman–Crippen MR) is 145 cm³/mol. The first-order chi connectivity index (χ1) is 18.0. The van der Waals surface area contributed by atoms with Crippen molar-refractivity contribution in [1.29, 1.82) is 0 Å². The van der Waals surface area contributed by atoms with Gasteiger partial charge in [-0.15, -0.1) is 0 Å². The molecule has 37 heavy (non-hydrogen) atoms. The van der Waals surface area contributed by atoms with E-state index in [9.17, 15) is 9.59 Å². The van der Waals surface area contributed by atoms with E-state index in [0.29, 0.717) is 23.6 Å². The van der Waals surface area contributed by atoms with Crippen LogP contribution in [0.2, 0.25) is 5.02 Å². The summed E-state index contributed by atoms with van der Waals surface area (Å²) in [7, 11) is 0. The van der Waals surface area contributed by atoms with Crippen molar-refractivity contribution in [2.45, 2.75) is 51.6 Å². The summed E-state index contributed by atoms with van der Waals surface area (Å²) in [5.74, 6) is -0.332. The van der Waals surface area contributed by atoms with E-state index >= 15 is 0 Å². The van der Waals surface area contributed by atoms with Gasteiger partial charge in [-0.25, -0.2) is 9.69 Å². The van der Waals surface area contributed by atoms with Crippen molar-refractivity contribution in [2.75, 3.05) is 4.90 Å². The van der Waals surface area contributed by atoms with Crippen molar-refractivity contribution in [3.05, 3.63) is 77.3 Å². The number of carbonyl (C=O) groups excluding carboxylic acids is 2. The molecule has 0 bridgehead atoms. The normalized spacial score (nSPS) is 21.7. The Kier molecular flexibility index (Phi) is 5.95. The van der Waals surface area contributed by atoms with Gasteiger partial charge in [0, 0.05) is 46.3 Å². The molecule has 4 aromatic rings. The van der Waals surface area contributed by atoms with Crippen LogP contribution in [0.15, 0.2) is 61.1 Å². The van der Waals surface area contributed by atoms with Crippen LogP contribution < -0.4 is 10.2 Å². The number of halogens is 1. The summed E-state index contributed by atoms with van der Waals surface area (Å²) in [5, 5.41) is 10.2. The fraction of sp³-hybridized carbons (Fsp3) is 0.310. The summed E-state index contributed by atoms with van der Waals surface area (Å²) in [6.45, 7) is 4.87. The van der Waals surface area contributed by atoms with E-state index in [4.69, 9.17) is 11.6 Å². The molecule has 3 heterocycles. The Morgan fingerprint density at radius 2 is 1.89 bits per heavy atom. The molecule has 1 aliphatic heterocycles. The lowest BCUT2D eigenvalue weighted by Crippen LogP contribution is -2.61. The molecule has 188 valence electrons. The van der Waals surface area contributed by atoms with Crippen LogP contribution >= 0.6 is 11.6 Å². The second-order valence-corrected chi connectivity index (χ2v) is 10.3. The van der Waals surface area contributed by atoms with Crippen LogP contribution in [0.3, 0.4) is 0 Å². The van der Waals surface area contributed by atoms with Gasteiger partial charge in [0.15, 0.2) is 0 Å². The molecule has 0 spiro atoms. The van der Waals surface area contributed by atoms with Crippen LogP contribution in [0.1, 0.15) is 43.4 Å². The van der Waals surface area contributed by atoms with E-state index in [1.54, 1.807) is 12.4 Å². The van der Waals surface area contributed by atoms with Crippen LogP contribution in [-0.4, -0.2) is 32.7 Å². The van der Waals surface area contributed by atoms with E-state index < -0.39 is 6.03 Å². The van der Waals surface area contributed by atoms with E-state index in [-0.39, 0.29) is 23.8 Å². The van der Waals surface area contributed by atoms with Crippen LogP contribution in [-0.2, 0) is 11.3 Å². The standard InChI is InChI=1S/C29H28ClN5O2/c1-3-34-16-23(17(2)33-34)21-9-6-10-24(30)27(21)18-11-12-22-25(13-18)32-29(37)35(28(22)36)26-15-31-14-19-7-4-5-8-20(19)26/h4-10,14-16,18,22,25H,3,11-13H2,1-2H3,(H,32,37). The molecule has 3 atom stereocenters. The van der Waals surface area contributed by atoms with Gasteiger partial charge >= 0.3 is 6.03 Å². The number of aryl methyl sites for hydroxylation is 2. The smallest absolute Gasteiger partial charge is 0.329 e. The molecule has 3 amide bonds. The second kappa shape index (κ2) is 9.30. The Hall–Kier alpha value is -3.71. The molecule has 1 aliphatic carbocycles. The van der Waals surface area contributed by atoms with Crippen LogP contribution in [0, 0.1) is 12.8 Å². The number of hydrogen-bond acceptors (Lipinski definition) is 4. The van der Waals surface area contributed by atoms with E-state index in [1.165, 1.54) is 4.90 Å². The first-order valence-corrected chi connectivity index (χ1v) is 13.1.